The maximum atomic E-state index is 12.8. The molecule has 1 aromatic rings. The van der Waals surface area contributed by atoms with Crippen LogP contribution in [0.25, 0.3) is 6.08 Å². The Morgan fingerprint density at radius 3 is 2.58 bits per heavy atom. The van der Waals surface area contributed by atoms with Crippen LogP contribution in [-0.2, 0) is 15.7 Å². The summed E-state index contributed by atoms with van der Waals surface area (Å²) in [6, 6.07) is 3.00. The van der Waals surface area contributed by atoms with E-state index in [0.717, 1.165) is 25.2 Å². The molecule has 0 radical (unpaired) electrons. The molecule has 4 nitrogen and oxygen atoms in total. The number of alkyl halides is 3. The van der Waals surface area contributed by atoms with Crippen LogP contribution in [0.1, 0.15) is 25.0 Å². The van der Waals surface area contributed by atoms with E-state index in [4.69, 9.17) is 16.3 Å². The van der Waals surface area contributed by atoms with Gasteiger partial charge in [0.1, 0.15) is 0 Å². The molecule has 1 heterocycles. The van der Waals surface area contributed by atoms with Crippen LogP contribution in [0.2, 0.25) is 5.02 Å². The molecular formula is C18H22ClF3N2O2. The first-order valence-electron chi connectivity index (χ1n) is 8.25. The van der Waals surface area contributed by atoms with E-state index >= 15 is 0 Å². The lowest BCUT2D eigenvalue weighted by molar-refractivity contribution is -0.137. The largest absolute Gasteiger partial charge is 0.416 e. The monoisotopic (exact) mass is 390 g/mol. The Balaban J connectivity index is 1.97. The van der Waals surface area contributed by atoms with E-state index in [9.17, 15) is 18.0 Å². The molecule has 8 heteroatoms. The van der Waals surface area contributed by atoms with Gasteiger partial charge in [-0.1, -0.05) is 11.6 Å². The van der Waals surface area contributed by atoms with E-state index in [0.29, 0.717) is 19.8 Å². The fourth-order valence-corrected chi connectivity index (χ4v) is 2.84. The molecule has 1 fully saturated rings. The van der Waals surface area contributed by atoms with Crippen molar-refractivity contribution in [3.63, 3.8) is 0 Å². The van der Waals surface area contributed by atoms with Crippen molar-refractivity contribution in [3.8, 4) is 0 Å². The predicted octanol–water partition coefficient (Wildman–Crippen LogP) is 3.60. The molecule has 1 N–H and O–H groups in total. The first-order chi connectivity index (χ1) is 12.1. The van der Waals surface area contributed by atoms with Crippen LogP contribution in [0, 0.1) is 0 Å². The lowest BCUT2D eigenvalue weighted by Gasteiger charge is -2.40. The molecule has 1 aromatic carbocycles. The van der Waals surface area contributed by atoms with Crippen molar-refractivity contribution in [3.05, 3.63) is 40.4 Å². The van der Waals surface area contributed by atoms with Crippen molar-refractivity contribution in [1.29, 1.82) is 0 Å². The number of morpholine rings is 1. The van der Waals surface area contributed by atoms with Crippen LogP contribution in [0.3, 0.4) is 0 Å². The van der Waals surface area contributed by atoms with Crippen LogP contribution >= 0.6 is 11.6 Å². The maximum absolute atomic E-state index is 12.8. The number of amides is 1. The summed E-state index contributed by atoms with van der Waals surface area (Å²) >= 11 is 5.91. The Morgan fingerprint density at radius 1 is 1.31 bits per heavy atom. The van der Waals surface area contributed by atoms with Crippen molar-refractivity contribution in [2.75, 3.05) is 32.8 Å². The number of hydrogen-bond acceptors (Lipinski definition) is 3. The summed E-state index contributed by atoms with van der Waals surface area (Å²) in [5.41, 5.74) is -0.916. The Labute approximate surface area is 155 Å². The zero-order valence-electron chi connectivity index (χ0n) is 14.7. The maximum Gasteiger partial charge on any atom is 0.416 e. The minimum atomic E-state index is -4.46. The van der Waals surface area contributed by atoms with Crippen molar-refractivity contribution in [2.24, 2.45) is 0 Å². The summed E-state index contributed by atoms with van der Waals surface area (Å²) in [7, 11) is 0. The second kappa shape index (κ2) is 8.41. The van der Waals surface area contributed by atoms with Crippen molar-refractivity contribution in [1.82, 2.24) is 10.2 Å². The van der Waals surface area contributed by atoms with Gasteiger partial charge in [0, 0.05) is 36.3 Å². The zero-order valence-corrected chi connectivity index (χ0v) is 15.5. The van der Waals surface area contributed by atoms with Gasteiger partial charge in [0.2, 0.25) is 5.91 Å². The highest BCUT2D eigenvalue weighted by Gasteiger charge is 2.31. The number of nitrogens with zero attached hydrogens (tertiary/aromatic N) is 1. The summed E-state index contributed by atoms with van der Waals surface area (Å²) < 4.78 is 43.6. The highest BCUT2D eigenvalue weighted by Crippen LogP contribution is 2.32. The molecule has 0 saturated carbocycles. The molecule has 144 valence electrons. The van der Waals surface area contributed by atoms with E-state index in [-0.39, 0.29) is 22.0 Å². The van der Waals surface area contributed by atoms with Gasteiger partial charge in [-0.3, -0.25) is 9.69 Å². The van der Waals surface area contributed by atoms with Gasteiger partial charge < -0.3 is 10.1 Å². The molecule has 1 aliphatic rings. The zero-order chi connectivity index (χ0) is 19.4. The highest BCUT2D eigenvalue weighted by molar-refractivity contribution is 6.32. The molecule has 1 aliphatic heterocycles. The summed E-state index contributed by atoms with van der Waals surface area (Å²) in [5.74, 6) is -0.389. The molecular weight excluding hydrogens is 369 g/mol. The highest BCUT2D eigenvalue weighted by atomic mass is 35.5. The van der Waals surface area contributed by atoms with Gasteiger partial charge in [0.05, 0.1) is 18.8 Å². The van der Waals surface area contributed by atoms with Crippen LogP contribution in [0.5, 0.6) is 0 Å². The third-order valence-corrected chi connectivity index (χ3v) is 4.64. The van der Waals surface area contributed by atoms with Crippen molar-refractivity contribution < 1.29 is 22.7 Å². The van der Waals surface area contributed by atoms with Gasteiger partial charge in [0.25, 0.3) is 0 Å². The average Bonchev–Trinajstić information content (AvgIpc) is 2.59. The second-order valence-electron chi connectivity index (χ2n) is 6.70. The topological polar surface area (TPSA) is 41.6 Å². The number of hydrogen-bond donors (Lipinski definition) is 1. The number of carbonyl (C=O) groups excluding carboxylic acids is 1. The van der Waals surface area contributed by atoms with E-state index in [1.165, 1.54) is 18.2 Å². The smallest absolute Gasteiger partial charge is 0.379 e. The van der Waals surface area contributed by atoms with Crippen LogP contribution in [0.4, 0.5) is 13.2 Å². The third-order valence-electron chi connectivity index (χ3n) is 4.30. The van der Waals surface area contributed by atoms with Crippen molar-refractivity contribution >= 4 is 23.6 Å². The lowest BCUT2D eigenvalue weighted by Crippen LogP contribution is -2.55. The SMILES string of the molecule is CC(C)(CNC(=O)C=Cc1cc(C(F)(F)F)ccc1Cl)N1CCOCC1. The normalized spacial score (nSPS) is 16.8. The Hall–Kier alpha value is -1.57. The standard InChI is InChI=1S/C18H22ClF3N2O2/c1-17(2,24-7-9-26-10-8-24)12-23-16(25)6-3-13-11-14(18(20,21)22)4-5-15(13)19/h3-6,11H,7-10,12H2,1-2H3,(H,23,25). The minimum absolute atomic E-state index is 0.143. The van der Waals surface area contributed by atoms with Gasteiger partial charge in [-0.2, -0.15) is 13.2 Å². The van der Waals surface area contributed by atoms with Gasteiger partial charge in [-0.25, -0.2) is 0 Å². The number of rotatable bonds is 5. The molecule has 0 aliphatic carbocycles. The molecule has 2 rings (SSSR count). The van der Waals surface area contributed by atoms with E-state index in [1.54, 1.807) is 0 Å². The summed E-state index contributed by atoms with van der Waals surface area (Å²) in [6.45, 7) is 7.35. The average molecular weight is 391 g/mol. The second-order valence-corrected chi connectivity index (χ2v) is 7.10. The molecule has 0 bridgehead atoms. The van der Waals surface area contributed by atoms with E-state index in [1.807, 2.05) is 13.8 Å². The van der Waals surface area contributed by atoms with Gasteiger partial charge in [-0.15, -0.1) is 0 Å². The van der Waals surface area contributed by atoms with Gasteiger partial charge in [0.15, 0.2) is 0 Å². The van der Waals surface area contributed by atoms with Gasteiger partial charge in [-0.05, 0) is 43.7 Å². The number of halogens is 4. The van der Waals surface area contributed by atoms with Crippen LogP contribution in [-0.4, -0.2) is 49.2 Å². The fraction of sp³-hybridized carbons (Fsp3) is 0.500. The number of carbonyl (C=O) groups is 1. The molecule has 1 saturated heterocycles. The molecule has 0 unspecified atom stereocenters. The third kappa shape index (κ3) is 5.72. The molecule has 0 atom stereocenters. The number of benzene rings is 1. The quantitative estimate of drug-likeness (QED) is 0.781. The number of ether oxygens (including phenoxy) is 1. The summed E-state index contributed by atoms with van der Waals surface area (Å²) in [6.07, 6.45) is -1.98. The minimum Gasteiger partial charge on any atom is -0.379 e. The van der Waals surface area contributed by atoms with Crippen LogP contribution in [0.15, 0.2) is 24.3 Å². The predicted molar refractivity (Wildman–Crippen MR) is 95.0 cm³/mol. The summed E-state index contributed by atoms with van der Waals surface area (Å²) in [5, 5.41) is 2.93. The first-order valence-corrected chi connectivity index (χ1v) is 8.63. The van der Waals surface area contributed by atoms with Gasteiger partial charge >= 0.3 is 6.18 Å². The molecule has 0 spiro atoms. The van der Waals surface area contributed by atoms with E-state index < -0.39 is 11.7 Å². The molecule has 1 amide bonds. The molecule has 0 aromatic heterocycles. The summed E-state index contributed by atoms with van der Waals surface area (Å²) in [4.78, 5) is 14.3. The Bertz CT molecular complexity index is 669. The molecule has 26 heavy (non-hydrogen) atoms. The Morgan fingerprint density at radius 2 is 1.96 bits per heavy atom. The van der Waals surface area contributed by atoms with Crippen molar-refractivity contribution in [2.45, 2.75) is 25.6 Å². The first kappa shape index (κ1) is 20.7. The lowest BCUT2D eigenvalue weighted by atomic mass is 10.0. The number of nitrogens with one attached hydrogen (secondary N) is 1. The van der Waals surface area contributed by atoms with Crippen LogP contribution < -0.4 is 5.32 Å². The fourth-order valence-electron chi connectivity index (χ4n) is 2.66. The Kier molecular flexibility index (Phi) is 6.71. The van der Waals surface area contributed by atoms with E-state index in [2.05, 4.69) is 10.2 Å².